The quantitative estimate of drug-likeness (QED) is 0.474. The molecule has 0 unspecified atom stereocenters. The van der Waals surface area contributed by atoms with Crippen molar-refractivity contribution in [1.29, 1.82) is 0 Å². The van der Waals surface area contributed by atoms with E-state index in [0.29, 0.717) is 0 Å². The van der Waals surface area contributed by atoms with Crippen LogP contribution in [0.4, 0.5) is 0 Å². The average molecular weight is 158 g/mol. The van der Waals surface area contributed by atoms with Gasteiger partial charge in [-0.3, -0.25) is 0 Å². The molecule has 0 saturated heterocycles. The van der Waals surface area contributed by atoms with Gasteiger partial charge in [0, 0.05) is 49.1 Å². The van der Waals surface area contributed by atoms with Crippen molar-refractivity contribution in [3.05, 3.63) is 48.3 Å². The third kappa shape index (κ3) is 1.63. The minimum atomic E-state index is 1.27. The van der Waals surface area contributed by atoms with Gasteiger partial charge in [0.05, 0.1) is 5.57 Å². The molecule has 1 fully saturated rings. The summed E-state index contributed by atoms with van der Waals surface area (Å²) < 4.78 is 0. The fourth-order valence-corrected chi connectivity index (χ4v) is 1.78. The Morgan fingerprint density at radius 3 is 2.58 bits per heavy atom. The highest BCUT2D eigenvalue weighted by molar-refractivity contribution is 5.42. The molecule has 2 aliphatic rings. The first-order chi connectivity index (χ1) is 5.97. The van der Waals surface area contributed by atoms with Crippen LogP contribution in [0.15, 0.2) is 35.5 Å². The Hall–Kier alpha value is -0.910. The second-order valence-electron chi connectivity index (χ2n) is 3.34. The summed E-state index contributed by atoms with van der Waals surface area (Å²) in [7, 11) is 0. The Bertz CT molecular complexity index is 233. The summed E-state index contributed by atoms with van der Waals surface area (Å²) >= 11 is 0. The molecule has 0 aliphatic heterocycles. The summed E-state index contributed by atoms with van der Waals surface area (Å²) in [5.41, 5.74) is 3.09. The molecule has 61 valence electrons. The van der Waals surface area contributed by atoms with Gasteiger partial charge < -0.3 is 0 Å². The van der Waals surface area contributed by atoms with Gasteiger partial charge >= 0.3 is 0 Å². The molecule has 0 nitrogen and oxygen atoms in total. The van der Waals surface area contributed by atoms with Crippen LogP contribution in [-0.4, -0.2) is 0 Å². The summed E-state index contributed by atoms with van der Waals surface area (Å²) in [4.78, 5) is 0. The van der Waals surface area contributed by atoms with E-state index in [4.69, 9.17) is 0 Å². The summed E-state index contributed by atoms with van der Waals surface area (Å²) in [5.74, 6) is 0. The number of hydrogen-bond donors (Lipinski definition) is 0. The van der Waals surface area contributed by atoms with Gasteiger partial charge in [0.15, 0.2) is 0 Å². The zero-order valence-corrected chi connectivity index (χ0v) is 7.29. The Balaban J connectivity index is 2.12. The van der Waals surface area contributed by atoms with Crippen LogP contribution in [0.2, 0.25) is 0 Å². The van der Waals surface area contributed by atoms with Gasteiger partial charge in [-0.05, 0) is 19.3 Å². The maximum absolute atomic E-state index is 2.40. The number of allylic oxidation sites excluding steroid dienone is 6. The molecule has 0 atom stereocenters. The van der Waals surface area contributed by atoms with Crippen molar-refractivity contribution < 1.29 is 0 Å². The standard InChI is InChI=1S/C12H14/c1-3-7-11(8-4-1)12-9-5-2-6-10-12/h1-4,7-8H,5-6,9-10H2/q+1. The SMILES string of the molecule is [CH]1CCC(=C2C=CC=C[CH+]2)CC1. The van der Waals surface area contributed by atoms with Crippen molar-refractivity contribution in [3.8, 4) is 0 Å². The van der Waals surface area contributed by atoms with Crippen molar-refractivity contribution in [2.45, 2.75) is 25.7 Å². The smallest absolute Gasteiger partial charge is 0.0377 e. The molecule has 2 rings (SSSR count). The first kappa shape index (κ1) is 7.72. The van der Waals surface area contributed by atoms with Crippen LogP contribution in [0.1, 0.15) is 25.7 Å². The Kier molecular flexibility index (Phi) is 2.36. The highest BCUT2D eigenvalue weighted by Gasteiger charge is 2.15. The van der Waals surface area contributed by atoms with Crippen LogP contribution >= 0.6 is 0 Å². The molecule has 12 heavy (non-hydrogen) atoms. The van der Waals surface area contributed by atoms with Crippen LogP contribution in [0.5, 0.6) is 0 Å². The van der Waals surface area contributed by atoms with Gasteiger partial charge in [0.1, 0.15) is 0 Å². The summed E-state index contributed by atoms with van der Waals surface area (Å²) in [6.07, 6.45) is 18.2. The van der Waals surface area contributed by atoms with E-state index < -0.39 is 0 Å². The minimum Gasteiger partial charge on any atom is -0.0377 e. The maximum Gasteiger partial charge on any atom is 0.0947 e. The Morgan fingerprint density at radius 2 is 1.92 bits per heavy atom. The molecule has 0 heterocycles. The van der Waals surface area contributed by atoms with Crippen molar-refractivity contribution in [1.82, 2.24) is 0 Å². The van der Waals surface area contributed by atoms with Crippen LogP contribution in [0.25, 0.3) is 0 Å². The second kappa shape index (κ2) is 3.66. The topological polar surface area (TPSA) is 0 Å². The summed E-state index contributed by atoms with van der Waals surface area (Å²) in [6.45, 7) is 0. The maximum atomic E-state index is 2.40. The van der Waals surface area contributed by atoms with Crippen LogP contribution in [0, 0.1) is 12.8 Å². The van der Waals surface area contributed by atoms with Crippen molar-refractivity contribution in [3.63, 3.8) is 0 Å². The lowest BCUT2D eigenvalue weighted by molar-refractivity contribution is 0.715. The van der Waals surface area contributed by atoms with Crippen LogP contribution in [0.3, 0.4) is 0 Å². The highest BCUT2D eigenvalue weighted by atomic mass is 14.1. The number of hydrogen-bond acceptors (Lipinski definition) is 0. The lowest BCUT2D eigenvalue weighted by Gasteiger charge is -2.12. The van der Waals surface area contributed by atoms with E-state index in [2.05, 4.69) is 37.1 Å². The first-order valence-electron chi connectivity index (χ1n) is 4.68. The third-order valence-corrected chi connectivity index (χ3v) is 2.48. The zero-order chi connectivity index (χ0) is 8.23. The van der Waals surface area contributed by atoms with Gasteiger partial charge in [-0.25, -0.2) is 0 Å². The summed E-state index contributed by atoms with van der Waals surface area (Å²) in [5, 5.41) is 0. The van der Waals surface area contributed by atoms with E-state index in [1.807, 2.05) is 0 Å². The van der Waals surface area contributed by atoms with E-state index in [1.54, 1.807) is 5.57 Å². The van der Waals surface area contributed by atoms with Gasteiger partial charge in [-0.15, -0.1) is 0 Å². The molecule has 0 amide bonds. The molecule has 0 heteroatoms. The number of rotatable bonds is 0. The van der Waals surface area contributed by atoms with Gasteiger partial charge in [-0.1, -0.05) is 0 Å². The second-order valence-corrected chi connectivity index (χ2v) is 3.34. The van der Waals surface area contributed by atoms with E-state index in [-0.39, 0.29) is 0 Å². The van der Waals surface area contributed by atoms with E-state index in [0.717, 1.165) is 0 Å². The summed E-state index contributed by atoms with van der Waals surface area (Å²) in [6, 6.07) is 0. The first-order valence-corrected chi connectivity index (χ1v) is 4.68. The molecular weight excluding hydrogens is 144 g/mol. The normalized spacial score (nSPS) is 22.7. The monoisotopic (exact) mass is 158 g/mol. The Morgan fingerprint density at radius 1 is 1.08 bits per heavy atom. The molecule has 0 spiro atoms. The van der Waals surface area contributed by atoms with Crippen LogP contribution < -0.4 is 0 Å². The fourth-order valence-electron chi connectivity index (χ4n) is 1.78. The van der Waals surface area contributed by atoms with Gasteiger partial charge in [0.25, 0.3) is 0 Å². The molecule has 0 N–H and O–H groups in total. The van der Waals surface area contributed by atoms with E-state index in [1.165, 1.54) is 31.3 Å². The van der Waals surface area contributed by atoms with Gasteiger partial charge in [0.2, 0.25) is 0 Å². The van der Waals surface area contributed by atoms with E-state index in [9.17, 15) is 0 Å². The zero-order valence-electron chi connectivity index (χ0n) is 7.29. The fraction of sp³-hybridized carbons (Fsp3) is 0.333. The average Bonchev–Trinajstić information content (AvgIpc) is 2.21. The lowest BCUT2D eigenvalue weighted by Crippen LogP contribution is -1.98. The predicted octanol–water partition coefficient (Wildman–Crippen LogP) is 3.39. The molecule has 1 saturated carbocycles. The van der Waals surface area contributed by atoms with E-state index >= 15 is 0 Å². The lowest BCUT2D eigenvalue weighted by atomic mass is 9.89. The van der Waals surface area contributed by atoms with Crippen molar-refractivity contribution in [2.75, 3.05) is 0 Å². The molecule has 2 aliphatic carbocycles. The van der Waals surface area contributed by atoms with Gasteiger partial charge in [-0.2, -0.15) is 0 Å². The van der Waals surface area contributed by atoms with Crippen LogP contribution in [-0.2, 0) is 0 Å². The molecule has 0 aromatic heterocycles. The van der Waals surface area contributed by atoms with Crippen molar-refractivity contribution in [2.24, 2.45) is 0 Å². The molecule has 0 aromatic carbocycles. The predicted molar refractivity (Wildman–Crippen MR) is 52.4 cm³/mol. The third-order valence-electron chi connectivity index (χ3n) is 2.48. The Labute approximate surface area is 74.7 Å². The molecule has 1 radical (unpaired) electrons. The minimum absolute atomic E-state index is 1.27. The largest absolute Gasteiger partial charge is 0.0947 e. The highest BCUT2D eigenvalue weighted by Crippen LogP contribution is 2.27. The molecule has 0 aromatic rings. The molecular formula is C12H14+. The molecule has 0 bridgehead atoms. The van der Waals surface area contributed by atoms with Crippen molar-refractivity contribution >= 4 is 0 Å².